The number of halogens is 1. The Kier molecular flexibility index (Phi) is 2.74. The number of benzene rings is 1. The van der Waals surface area contributed by atoms with Gasteiger partial charge >= 0.3 is 0 Å². The summed E-state index contributed by atoms with van der Waals surface area (Å²) in [5.41, 5.74) is 1.05. The third kappa shape index (κ3) is 2.07. The molecule has 0 atom stereocenters. The highest BCUT2D eigenvalue weighted by Gasteiger charge is 2.04. The number of thiazole rings is 1. The molecule has 14 heavy (non-hydrogen) atoms. The van der Waals surface area contributed by atoms with Crippen LogP contribution in [-0.4, -0.2) is 11.0 Å². The van der Waals surface area contributed by atoms with E-state index in [1.54, 1.807) is 11.3 Å². The van der Waals surface area contributed by atoms with Gasteiger partial charge in [-0.3, -0.25) is 0 Å². The number of aromatic nitrogens is 1. The predicted molar refractivity (Wildman–Crippen MR) is 66.1 cm³/mol. The van der Waals surface area contributed by atoms with Crippen molar-refractivity contribution in [2.45, 2.75) is 19.9 Å². The molecule has 0 bridgehead atoms. The molecule has 0 amide bonds. The second-order valence-electron chi connectivity index (χ2n) is 3.43. The molecule has 1 N–H and O–H groups in total. The average Bonchev–Trinajstić information content (AvgIpc) is 2.44. The van der Waals surface area contributed by atoms with Crippen molar-refractivity contribution in [1.82, 2.24) is 4.98 Å². The Morgan fingerprint density at radius 3 is 2.93 bits per heavy atom. The number of anilines is 1. The molecule has 0 saturated heterocycles. The summed E-state index contributed by atoms with van der Waals surface area (Å²) >= 11 is 5.13. The Hall–Kier alpha value is -0.610. The van der Waals surface area contributed by atoms with Gasteiger partial charge in [-0.1, -0.05) is 27.3 Å². The fraction of sp³-hybridized carbons (Fsp3) is 0.300. The van der Waals surface area contributed by atoms with Crippen LogP contribution in [0.3, 0.4) is 0 Å². The van der Waals surface area contributed by atoms with E-state index in [0.717, 1.165) is 15.1 Å². The standard InChI is InChI=1S/C10H11BrN2S/c1-6(2)12-10-13-8-5-7(11)3-4-9(8)14-10/h3-6H,1-2H3,(H,12,13). The largest absolute Gasteiger partial charge is 0.359 e. The molecular formula is C10H11BrN2S. The third-order valence-electron chi connectivity index (χ3n) is 1.76. The summed E-state index contributed by atoms with van der Waals surface area (Å²) < 4.78 is 2.29. The van der Waals surface area contributed by atoms with Gasteiger partial charge in [0.05, 0.1) is 10.2 Å². The Morgan fingerprint density at radius 1 is 1.43 bits per heavy atom. The molecule has 1 heterocycles. The van der Waals surface area contributed by atoms with Crippen LogP contribution in [0.15, 0.2) is 22.7 Å². The van der Waals surface area contributed by atoms with Crippen molar-refractivity contribution in [2.24, 2.45) is 0 Å². The van der Waals surface area contributed by atoms with Gasteiger partial charge in [0.15, 0.2) is 5.13 Å². The molecule has 0 unspecified atom stereocenters. The van der Waals surface area contributed by atoms with E-state index < -0.39 is 0 Å². The van der Waals surface area contributed by atoms with Gasteiger partial charge in [0.25, 0.3) is 0 Å². The van der Waals surface area contributed by atoms with Crippen molar-refractivity contribution in [3.8, 4) is 0 Å². The first kappa shape index (κ1) is 9.93. The zero-order valence-electron chi connectivity index (χ0n) is 8.04. The number of nitrogens with zero attached hydrogens (tertiary/aromatic N) is 1. The summed E-state index contributed by atoms with van der Waals surface area (Å²) in [6.07, 6.45) is 0. The summed E-state index contributed by atoms with van der Waals surface area (Å²) in [6.45, 7) is 4.23. The molecule has 2 nitrogen and oxygen atoms in total. The fourth-order valence-corrected chi connectivity index (χ4v) is 2.55. The van der Waals surface area contributed by atoms with Gasteiger partial charge in [0.1, 0.15) is 0 Å². The van der Waals surface area contributed by atoms with Crippen LogP contribution >= 0.6 is 27.3 Å². The van der Waals surface area contributed by atoms with Gasteiger partial charge < -0.3 is 5.32 Å². The van der Waals surface area contributed by atoms with Crippen LogP contribution < -0.4 is 5.32 Å². The summed E-state index contributed by atoms with van der Waals surface area (Å²) in [5.74, 6) is 0. The van der Waals surface area contributed by atoms with Crippen molar-refractivity contribution < 1.29 is 0 Å². The van der Waals surface area contributed by atoms with E-state index in [1.807, 2.05) is 12.1 Å². The summed E-state index contributed by atoms with van der Waals surface area (Å²) in [4.78, 5) is 4.49. The third-order valence-corrected chi connectivity index (χ3v) is 3.22. The molecule has 1 aromatic carbocycles. The van der Waals surface area contributed by atoms with Gasteiger partial charge in [-0.25, -0.2) is 4.98 Å². The van der Waals surface area contributed by atoms with E-state index in [2.05, 4.69) is 46.1 Å². The number of nitrogens with one attached hydrogen (secondary N) is 1. The number of hydrogen-bond donors (Lipinski definition) is 1. The van der Waals surface area contributed by atoms with E-state index >= 15 is 0 Å². The number of fused-ring (bicyclic) bond motifs is 1. The maximum Gasteiger partial charge on any atom is 0.183 e. The van der Waals surface area contributed by atoms with Crippen molar-refractivity contribution in [2.75, 3.05) is 5.32 Å². The minimum absolute atomic E-state index is 0.430. The SMILES string of the molecule is CC(C)Nc1nc2cc(Br)ccc2s1. The van der Waals surface area contributed by atoms with Crippen molar-refractivity contribution >= 4 is 42.6 Å². The molecule has 74 valence electrons. The number of rotatable bonds is 2. The maximum absolute atomic E-state index is 4.49. The topological polar surface area (TPSA) is 24.9 Å². The van der Waals surface area contributed by atoms with E-state index in [0.29, 0.717) is 6.04 Å². The molecule has 2 aromatic rings. The molecule has 1 aromatic heterocycles. The van der Waals surface area contributed by atoms with Crippen molar-refractivity contribution in [3.05, 3.63) is 22.7 Å². The minimum Gasteiger partial charge on any atom is -0.359 e. The Balaban J connectivity index is 2.41. The summed E-state index contributed by atoms with van der Waals surface area (Å²) in [5, 5.41) is 4.30. The highest BCUT2D eigenvalue weighted by molar-refractivity contribution is 9.10. The first-order chi connectivity index (χ1) is 6.65. The zero-order valence-corrected chi connectivity index (χ0v) is 10.4. The number of hydrogen-bond acceptors (Lipinski definition) is 3. The fourth-order valence-electron chi connectivity index (χ4n) is 1.21. The maximum atomic E-state index is 4.49. The van der Waals surface area contributed by atoms with Gasteiger partial charge in [-0.15, -0.1) is 0 Å². The zero-order chi connectivity index (χ0) is 10.1. The second-order valence-corrected chi connectivity index (χ2v) is 5.38. The van der Waals surface area contributed by atoms with E-state index in [1.165, 1.54) is 4.70 Å². The van der Waals surface area contributed by atoms with Crippen LogP contribution in [0.25, 0.3) is 10.2 Å². The quantitative estimate of drug-likeness (QED) is 0.896. The second kappa shape index (κ2) is 3.87. The molecule has 0 aliphatic heterocycles. The smallest absolute Gasteiger partial charge is 0.183 e. The lowest BCUT2D eigenvalue weighted by atomic mass is 10.3. The Bertz CT molecular complexity index is 450. The van der Waals surface area contributed by atoms with Crippen molar-refractivity contribution in [3.63, 3.8) is 0 Å². The van der Waals surface area contributed by atoms with Gasteiger partial charge in [0.2, 0.25) is 0 Å². The normalized spacial score (nSPS) is 11.1. The lowest BCUT2D eigenvalue weighted by Gasteiger charge is -2.03. The molecule has 0 fully saturated rings. The van der Waals surface area contributed by atoms with Crippen molar-refractivity contribution in [1.29, 1.82) is 0 Å². The van der Waals surface area contributed by atoms with Gasteiger partial charge in [0, 0.05) is 10.5 Å². The lowest BCUT2D eigenvalue weighted by Crippen LogP contribution is -2.08. The summed E-state index contributed by atoms with van der Waals surface area (Å²) in [6, 6.07) is 6.60. The van der Waals surface area contributed by atoms with E-state index in [4.69, 9.17) is 0 Å². The molecule has 0 spiro atoms. The molecule has 0 radical (unpaired) electrons. The molecule has 2 rings (SSSR count). The molecule has 4 heteroatoms. The first-order valence-corrected chi connectivity index (χ1v) is 6.09. The predicted octanol–water partition coefficient (Wildman–Crippen LogP) is 3.88. The van der Waals surface area contributed by atoms with E-state index in [-0.39, 0.29) is 0 Å². The molecule has 0 saturated carbocycles. The monoisotopic (exact) mass is 270 g/mol. The van der Waals surface area contributed by atoms with Crippen LogP contribution in [0.2, 0.25) is 0 Å². The van der Waals surface area contributed by atoms with Crippen LogP contribution in [0.5, 0.6) is 0 Å². The summed E-state index contributed by atoms with van der Waals surface area (Å²) in [7, 11) is 0. The average molecular weight is 271 g/mol. The Morgan fingerprint density at radius 2 is 2.21 bits per heavy atom. The molecular weight excluding hydrogens is 260 g/mol. The highest BCUT2D eigenvalue weighted by atomic mass is 79.9. The molecule has 0 aliphatic carbocycles. The van der Waals surface area contributed by atoms with Crippen LogP contribution in [-0.2, 0) is 0 Å². The van der Waals surface area contributed by atoms with Crippen LogP contribution in [0.4, 0.5) is 5.13 Å². The molecule has 0 aliphatic rings. The van der Waals surface area contributed by atoms with Crippen LogP contribution in [0.1, 0.15) is 13.8 Å². The first-order valence-electron chi connectivity index (χ1n) is 4.48. The Labute approximate surface area is 95.5 Å². The lowest BCUT2D eigenvalue weighted by molar-refractivity contribution is 0.897. The van der Waals surface area contributed by atoms with Gasteiger partial charge in [-0.05, 0) is 32.0 Å². The van der Waals surface area contributed by atoms with Gasteiger partial charge in [-0.2, -0.15) is 0 Å². The van der Waals surface area contributed by atoms with Crippen LogP contribution in [0, 0.1) is 0 Å². The highest BCUT2D eigenvalue weighted by Crippen LogP contribution is 2.28. The minimum atomic E-state index is 0.430. The van der Waals surface area contributed by atoms with E-state index in [9.17, 15) is 0 Å².